The van der Waals surface area contributed by atoms with Gasteiger partial charge in [0.25, 0.3) is 6.43 Å². The summed E-state index contributed by atoms with van der Waals surface area (Å²) in [7, 11) is 0. The van der Waals surface area contributed by atoms with Crippen LogP contribution in [0.25, 0.3) is 0 Å². The molecule has 8 heteroatoms. The van der Waals surface area contributed by atoms with Crippen molar-refractivity contribution in [1.82, 2.24) is 4.98 Å². The molecule has 17 heavy (non-hydrogen) atoms. The molecule has 0 bridgehead atoms. The summed E-state index contributed by atoms with van der Waals surface area (Å²) in [4.78, 5) is 3.35. The monoisotopic (exact) mass is 314 g/mol. The SMILES string of the molecule is N#CCc1ncc(Br)c(C(F)F)c1C(F)(F)F. The van der Waals surface area contributed by atoms with E-state index in [0.29, 0.717) is 0 Å². The first kappa shape index (κ1) is 13.8. The highest BCUT2D eigenvalue weighted by Gasteiger charge is 2.40. The lowest BCUT2D eigenvalue weighted by Crippen LogP contribution is -2.15. The molecule has 1 heterocycles. The smallest absolute Gasteiger partial charge is 0.258 e. The summed E-state index contributed by atoms with van der Waals surface area (Å²) in [5, 5.41) is 8.35. The Kier molecular flexibility index (Phi) is 4.03. The predicted molar refractivity (Wildman–Crippen MR) is 51.2 cm³/mol. The van der Waals surface area contributed by atoms with Crippen LogP contribution in [0.5, 0.6) is 0 Å². The first-order chi connectivity index (χ1) is 7.79. The molecule has 1 rings (SSSR count). The Morgan fingerprint density at radius 3 is 2.41 bits per heavy atom. The summed E-state index contributed by atoms with van der Waals surface area (Å²) in [5.74, 6) is 0. The van der Waals surface area contributed by atoms with Crippen LogP contribution >= 0.6 is 15.9 Å². The molecule has 0 fully saturated rings. The minimum atomic E-state index is -4.98. The van der Waals surface area contributed by atoms with Crippen LogP contribution in [0.3, 0.4) is 0 Å². The molecule has 0 aliphatic carbocycles. The van der Waals surface area contributed by atoms with E-state index in [0.717, 1.165) is 6.20 Å². The second kappa shape index (κ2) is 4.96. The quantitative estimate of drug-likeness (QED) is 0.777. The van der Waals surface area contributed by atoms with Gasteiger partial charge >= 0.3 is 6.18 Å². The molecular weight excluding hydrogens is 311 g/mol. The zero-order chi connectivity index (χ0) is 13.2. The Hall–Kier alpha value is -1.23. The standard InChI is InChI=1S/C9H4BrF5N2/c10-4-3-17-5(1-2-16)7(9(13,14)15)6(4)8(11)12/h3,8H,1H2. The fourth-order valence-electron chi connectivity index (χ4n) is 1.28. The second-order valence-corrected chi connectivity index (χ2v) is 3.83. The van der Waals surface area contributed by atoms with E-state index < -0.39 is 40.3 Å². The van der Waals surface area contributed by atoms with Gasteiger partial charge in [0.15, 0.2) is 0 Å². The van der Waals surface area contributed by atoms with E-state index in [1.165, 1.54) is 6.07 Å². The van der Waals surface area contributed by atoms with E-state index >= 15 is 0 Å². The highest BCUT2D eigenvalue weighted by atomic mass is 79.9. The van der Waals surface area contributed by atoms with Crippen LogP contribution in [-0.4, -0.2) is 4.98 Å². The van der Waals surface area contributed by atoms with Crippen LogP contribution in [0, 0.1) is 11.3 Å². The zero-order valence-electron chi connectivity index (χ0n) is 8.02. The number of hydrogen-bond acceptors (Lipinski definition) is 2. The summed E-state index contributed by atoms with van der Waals surface area (Å²) < 4.78 is 62.8. The fourth-order valence-corrected chi connectivity index (χ4v) is 1.76. The molecule has 0 aliphatic rings. The van der Waals surface area contributed by atoms with Crippen LogP contribution in [0.1, 0.15) is 23.2 Å². The number of nitriles is 1. The summed E-state index contributed by atoms with van der Waals surface area (Å²) in [6.07, 6.45) is -8.12. The summed E-state index contributed by atoms with van der Waals surface area (Å²) in [6.45, 7) is 0. The van der Waals surface area contributed by atoms with Gasteiger partial charge < -0.3 is 0 Å². The van der Waals surface area contributed by atoms with E-state index in [2.05, 4.69) is 20.9 Å². The van der Waals surface area contributed by atoms with Crippen LogP contribution in [-0.2, 0) is 12.6 Å². The van der Waals surface area contributed by atoms with Crippen molar-refractivity contribution >= 4 is 15.9 Å². The highest BCUT2D eigenvalue weighted by molar-refractivity contribution is 9.10. The molecule has 0 atom stereocenters. The Morgan fingerprint density at radius 2 is 2.00 bits per heavy atom. The lowest BCUT2D eigenvalue weighted by molar-refractivity contribution is -0.140. The maximum Gasteiger partial charge on any atom is 0.418 e. The van der Waals surface area contributed by atoms with E-state index in [1.807, 2.05) is 0 Å². The molecular formula is C9H4BrF5N2. The first-order valence-electron chi connectivity index (χ1n) is 4.18. The molecule has 0 saturated carbocycles. The van der Waals surface area contributed by atoms with Crippen LogP contribution < -0.4 is 0 Å². The van der Waals surface area contributed by atoms with E-state index in [1.54, 1.807) is 0 Å². The minimum Gasteiger partial charge on any atom is -0.258 e. The minimum absolute atomic E-state index is 0.429. The summed E-state index contributed by atoms with van der Waals surface area (Å²) >= 11 is 2.60. The Labute approximate surface area is 101 Å². The van der Waals surface area contributed by atoms with Gasteiger partial charge in [-0.1, -0.05) is 0 Å². The van der Waals surface area contributed by atoms with Crippen molar-refractivity contribution in [2.45, 2.75) is 19.0 Å². The van der Waals surface area contributed by atoms with Crippen molar-refractivity contribution in [3.63, 3.8) is 0 Å². The molecule has 2 nitrogen and oxygen atoms in total. The zero-order valence-corrected chi connectivity index (χ0v) is 9.61. The van der Waals surface area contributed by atoms with Gasteiger partial charge in [-0.25, -0.2) is 8.78 Å². The van der Waals surface area contributed by atoms with Gasteiger partial charge in [-0.2, -0.15) is 18.4 Å². The average Bonchev–Trinajstić information content (AvgIpc) is 2.18. The van der Waals surface area contributed by atoms with E-state index in [9.17, 15) is 22.0 Å². The van der Waals surface area contributed by atoms with Gasteiger partial charge in [0, 0.05) is 16.2 Å². The van der Waals surface area contributed by atoms with Crippen molar-refractivity contribution in [2.24, 2.45) is 0 Å². The number of halogens is 6. The Balaban J connectivity index is 3.57. The fraction of sp³-hybridized carbons (Fsp3) is 0.333. The molecule has 0 aliphatic heterocycles. The molecule has 1 aromatic rings. The van der Waals surface area contributed by atoms with Crippen molar-refractivity contribution in [1.29, 1.82) is 5.26 Å². The number of rotatable bonds is 2. The lowest BCUT2D eigenvalue weighted by Gasteiger charge is -2.16. The molecule has 92 valence electrons. The maximum absolute atomic E-state index is 12.7. The van der Waals surface area contributed by atoms with Gasteiger partial charge in [0.05, 0.1) is 23.7 Å². The number of hydrogen-bond donors (Lipinski definition) is 0. The van der Waals surface area contributed by atoms with Crippen molar-refractivity contribution in [2.75, 3.05) is 0 Å². The third kappa shape index (κ3) is 2.91. The molecule has 0 unspecified atom stereocenters. The van der Waals surface area contributed by atoms with Gasteiger partial charge in [-0.15, -0.1) is 0 Å². The maximum atomic E-state index is 12.7. The van der Waals surface area contributed by atoms with Crippen molar-refractivity contribution in [3.05, 3.63) is 27.5 Å². The normalized spacial score (nSPS) is 11.6. The lowest BCUT2D eigenvalue weighted by atomic mass is 10.0. The third-order valence-corrected chi connectivity index (χ3v) is 2.53. The Bertz CT molecular complexity index is 464. The number of aromatic nitrogens is 1. The number of alkyl halides is 5. The van der Waals surface area contributed by atoms with E-state index in [4.69, 9.17) is 5.26 Å². The summed E-state index contributed by atoms with van der Waals surface area (Å²) in [6, 6.07) is 1.46. The molecule has 0 saturated heterocycles. The number of pyridine rings is 1. The Morgan fingerprint density at radius 1 is 1.41 bits per heavy atom. The number of nitrogens with zero attached hydrogens (tertiary/aromatic N) is 2. The second-order valence-electron chi connectivity index (χ2n) is 2.97. The van der Waals surface area contributed by atoms with Crippen molar-refractivity contribution in [3.8, 4) is 6.07 Å². The van der Waals surface area contributed by atoms with Crippen LogP contribution in [0.15, 0.2) is 10.7 Å². The molecule has 1 aromatic heterocycles. The molecule has 0 N–H and O–H groups in total. The van der Waals surface area contributed by atoms with Crippen molar-refractivity contribution < 1.29 is 22.0 Å². The van der Waals surface area contributed by atoms with Gasteiger partial charge in [0.2, 0.25) is 0 Å². The van der Waals surface area contributed by atoms with Gasteiger partial charge in [-0.05, 0) is 15.9 Å². The predicted octanol–water partition coefficient (Wildman–Crippen LogP) is 3.87. The first-order valence-corrected chi connectivity index (χ1v) is 4.98. The largest absolute Gasteiger partial charge is 0.418 e. The summed E-state index contributed by atoms with van der Waals surface area (Å²) in [5.41, 5.74) is -3.42. The van der Waals surface area contributed by atoms with Gasteiger partial charge in [-0.3, -0.25) is 4.98 Å². The van der Waals surface area contributed by atoms with E-state index in [-0.39, 0.29) is 0 Å². The molecule has 0 aromatic carbocycles. The average molecular weight is 315 g/mol. The van der Waals surface area contributed by atoms with Crippen LogP contribution in [0.4, 0.5) is 22.0 Å². The highest BCUT2D eigenvalue weighted by Crippen LogP contribution is 2.41. The molecule has 0 spiro atoms. The molecule has 0 amide bonds. The van der Waals surface area contributed by atoms with Gasteiger partial charge in [0.1, 0.15) is 0 Å². The van der Waals surface area contributed by atoms with Crippen LogP contribution in [0.2, 0.25) is 0 Å². The topological polar surface area (TPSA) is 36.7 Å². The third-order valence-electron chi connectivity index (χ3n) is 1.90. The molecule has 0 radical (unpaired) electrons.